The van der Waals surface area contributed by atoms with Crippen LogP contribution < -0.4 is 5.11 Å². The van der Waals surface area contributed by atoms with Gasteiger partial charge in [-0.3, -0.25) is 0 Å². The van der Waals surface area contributed by atoms with Crippen LogP contribution in [0.1, 0.15) is 43.8 Å². The first-order valence-electron chi connectivity index (χ1n) is 6.49. The van der Waals surface area contributed by atoms with Crippen LogP contribution in [0.3, 0.4) is 0 Å². The summed E-state index contributed by atoms with van der Waals surface area (Å²) in [5, 5.41) is 22.5. The maximum Gasteiger partial charge on any atom is 0.0864 e. The molecule has 1 saturated carbocycles. The molecule has 1 atom stereocenters. The molecule has 1 aliphatic carbocycles. The first-order valence-corrected chi connectivity index (χ1v) is 7.24. The van der Waals surface area contributed by atoms with Gasteiger partial charge in [0.15, 0.2) is 0 Å². The van der Waals surface area contributed by atoms with Gasteiger partial charge in [0.05, 0.1) is 6.10 Å². The molecule has 0 saturated heterocycles. The SMILES string of the molecule is [O-]C1(O[C@H](CCO)c2c(Cl)cccc2Cl)CCCC1. The molecule has 0 spiro atoms. The molecule has 0 aromatic heterocycles. The van der Waals surface area contributed by atoms with Crippen molar-refractivity contribution in [1.82, 2.24) is 0 Å². The van der Waals surface area contributed by atoms with E-state index in [0.29, 0.717) is 34.9 Å². The van der Waals surface area contributed by atoms with E-state index in [2.05, 4.69) is 0 Å². The third-order valence-corrected chi connectivity index (χ3v) is 4.09. The summed E-state index contributed by atoms with van der Waals surface area (Å²) in [6, 6.07) is 5.16. The van der Waals surface area contributed by atoms with E-state index in [4.69, 9.17) is 33.0 Å². The molecule has 1 N–H and O–H groups in total. The zero-order valence-corrected chi connectivity index (χ0v) is 12.1. The van der Waals surface area contributed by atoms with Gasteiger partial charge in [-0.15, -0.1) is 0 Å². The summed E-state index contributed by atoms with van der Waals surface area (Å²) in [6.07, 6.45) is 2.51. The summed E-state index contributed by atoms with van der Waals surface area (Å²) in [4.78, 5) is 0. The minimum Gasteiger partial charge on any atom is -0.828 e. The lowest BCUT2D eigenvalue weighted by molar-refractivity contribution is -0.560. The molecule has 3 nitrogen and oxygen atoms in total. The first-order chi connectivity index (χ1) is 9.06. The van der Waals surface area contributed by atoms with Gasteiger partial charge in [-0.25, -0.2) is 0 Å². The van der Waals surface area contributed by atoms with Crippen molar-refractivity contribution in [2.45, 2.75) is 44.0 Å². The van der Waals surface area contributed by atoms with Crippen LogP contribution in [0.15, 0.2) is 18.2 Å². The van der Waals surface area contributed by atoms with Crippen molar-refractivity contribution in [2.24, 2.45) is 0 Å². The minimum atomic E-state index is -1.37. The molecule has 19 heavy (non-hydrogen) atoms. The first kappa shape index (κ1) is 15.1. The fourth-order valence-corrected chi connectivity index (χ4v) is 3.13. The Balaban J connectivity index is 2.24. The molecule has 1 aromatic rings. The Morgan fingerprint density at radius 1 is 1.26 bits per heavy atom. The third-order valence-electron chi connectivity index (χ3n) is 3.44. The molecule has 0 bridgehead atoms. The van der Waals surface area contributed by atoms with E-state index in [0.717, 1.165) is 12.8 Å². The quantitative estimate of drug-likeness (QED) is 0.851. The van der Waals surface area contributed by atoms with Gasteiger partial charge in [0.25, 0.3) is 0 Å². The van der Waals surface area contributed by atoms with E-state index < -0.39 is 11.9 Å². The van der Waals surface area contributed by atoms with Crippen LogP contribution in [-0.2, 0) is 4.74 Å². The van der Waals surface area contributed by atoms with E-state index in [9.17, 15) is 5.11 Å². The highest BCUT2D eigenvalue weighted by Gasteiger charge is 2.28. The van der Waals surface area contributed by atoms with Crippen molar-refractivity contribution < 1.29 is 14.9 Å². The lowest BCUT2D eigenvalue weighted by Gasteiger charge is -2.40. The van der Waals surface area contributed by atoms with Gasteiger partial charge < -0.3 is 14.9 Å². The molecule has 0 unspecified atom stereocenters. The predicted molar refractivity (Wildman–Crippen MR) is 73.2 cm³/mol. The number of rotatable bonds is 5. The largest absolute Gasteiger partial charge is 0.828 e. The van der Waals surface area contributed by atoms with Crippen LogP contribution in [0.4, 0.5) is 0 Å². The summed E-state index contributed by atoms with van der Waals surface area (Å²) in [5.41, 5.74) is 0.599. The molecule has 0 aliphatic heterocycles. The molecule has 2 rings (SSSR count). The van der Waals surface area contributed by atoms with Gasteiger partial charge in [-0.2, -0.15) is 0 Å². The maximum absolute atomic E-state index is 12.4. The number of hydrogen-bond donors (Lipinski definition) is 1. The average Bonchev–Trinajstić information content (AvgIpc) is 2.76. The average molecular weight is 304 g/mol. The molecular weight excluding hydrogens is 287 g/mol. The molecule has 0 amide bonds. The molecular formula is C14H17Cl2O3-. The van der Waals surface area contributed by atoms with E-state index >= 15 is 0 Å². The number of hydrogen-bond acceptors (Lipinski definition) is 3. The molecule has 1 fully saturated rings. The fourth-order valence-electron chi connectivity index (χ4n) is 2.49. The molecule has 1 aliphatic rings. The second-order valence-electron chi connectivity index (χ2n) is 4.87. The Morgan fingerprint density at radius 2 is 1.84 bits per heavy atom. The van der Waals surface area contributed by atoms with E-state index in [1.54, 1.807) is 18.2 Å². The lowest BCUT2D eigenvalue weighted by atomic mass is 10.1. The summed E-state index contributed by atoms with van der Waals surface area (Å²) >= 11 is 12.3. The van der Waals surface area contributed by atoms with E-state index in [1.165, 1.54) is 0 Å². The Labute approximate surface area is 123 Å². The highest BCUT2D eigenvalue weighted by molar-refractivity contribution is 6.36. The zero-order chi connectivity index (χ0) is 13.9. The van der Waals surface area contributed by atoms with Crippen LogP contribution in [0, 0.1) is 0 Å². The molecule has 5 heteroatoms. The highest BCUT2D eigenvalue weighted by Crippen LogP contribution is 2.39. The predicted octanol–water partition coefficient (Wildman–Crippen LogP) is 3.06. The molecule has 106 valence electrons. The van der Waals surface area contributed by atoms with E-state index in [1.807, 2.05) is 0 Å². The van der Waals surface area contributed by atoms with Crippen LogP contribution >= 0.6 is 23.2 Å². The number of benzene rings is 1. The Kier molecular flexibility index (Phi) is 5.09. The monoisotopic (exact) mass is 303 g/mol. The maximum atomic E-state index is 12.4. The van der Waals surface area contributed by atoms with Gasteiger partial charge in [0.1, 0.15) is 0 Å². The van der Waals surface area contributed by atoms with Crippen LogP contribution in [0.5, 0.6) is 0 Å². The van der Waals surface area contributed by atoms with Crippen molar-refractivity contribution in [2.75, 3.05) is 6.61 Å². The zero-order valence-electron chi connectivity index (χ0n) is 10.6. The standard InChI is InChI=1S/C14H17Cl2O3/c15-10-4-3-5-11(16)13(10)12(6-9-17)19-14(18)7-1-2-8-14/h3-5,12,17H,1-2,6-9H2/q-1/t12-/m1/s1. The molecule has 0 radical (unpaired) electrons. The summed E-state index contributed by atoms with van der Waals surface area (Å²) in [6.45, 7) is -0.0811. The minimum absolute atomic E-state index is 0.0811. The van der Waals surface area contributed by atoms with Gasteiger partial charge >= 0.3 is 0 Å². The number of aliphatic hydroxyl groups excluding tert-OH is 1. The smallest absolute Gasteiger partial charge is 0.0864 e. The molecule has 1 aromatic carbocycles. The number of ether oxygens (including phenoxy) is 1. The Hall–Kier alpha value is -0.320. The van der Waals surface area contributed by atoms with Crippen LogP contribution in [0.25, 0.3) is 0 Å². The van der Waals surface area contributed by atoms with Gasteiger partial charge in [-0.1, -0.05) is 42.1 Å². The summed E-state index contributed by atoms with van der Waals surface area (Å²) < 4.78 is 5.70. The second-order valence-corrected chi connectivity index (χ2v) is 5.69. The fraction of sp³-hybridized carbons (Fsp3) is 0.571. The van der Waals surface area contributed by atoms with Crippen LogP contribution in [0.2, 0.25) is 10.0 Å². The Morgan fingerprint density at radius 3 is 2.37 bits per heavy atom. The van der Waals surface area contributed by atoms with Crippen molar-refractivity contribution in [3.05, 3.63) is 33.8 Å². The van der Waals surface area contributed by atoms with Gasteiger partial charge in [0, 0.05) is 28.6 Å². The van der Waals surface area contributed by atoms with E-state index in [-0.39, 0.29) is 6.61 Å². The summed E-state index contributed by atoms with van der Waals surface area (Å²) in [5.74, 6) is -1.37. The van der Waals surface area contributed by atoms with Crippen molar-refractivity contribution in [3.63, 3.8) is 0 Å². The Bertz CT molecular complexity index is 410. The van der Waals surface area contributed by atoms with Crippen molar-refractivity contribution in [3.8, 4) is 0 Å². The van der Waals surface area contributed by atoms with Crippen molar-refractivity contribution in [1.29, 1.82) is 0 Å². The summed E-state index contributed by atoms with van der Waals surface area (Å²) in [7, 11) is 0. The van der Waals surface area contributed by atoms with Crippen LogP contribution in [-0.4, -0.2) is 17.5 Å². The third kappa shape index (κ3) is 3.61. The highest BCUT2D eigenvalue weighted by atomic mass is 35.5. The number of halogens is 2. The van der Waals surface area contributed by atoms with Gasteiger partial charge in [-0.05, 0) is 30.8 Å². The van der Waals surface area contributed by atoms with Gasteiger partial charge in [0.2, 0.25) is 0 Å². The molecule has 0 heterocycles. The number of aliphatic hydroxyl groups is 1. The lowest BCUT2D eigenvalue weighted by Crippen LogP contribution is -2.44. The normalized spacial score (nSPS) is 19.6. The topological polar surface area (TPSA) is 52.5 Å². The van der Waals surface area contributed by atoms with Crippen molar-refractivity contribution >= 4 is 23.2 Å². The second kappa shape index (κ2) is 6.42.